The van der Waals surface area contributed by atoms with Crippen molar-refractivity contribution in [2.24, 2.45) is 0 Å². The number of fused-ring (bicyclic) bond motifs is 1. The Kier molecular flexibility index (Phi) is 2.58. The van der Waals surface area contributed by atoms with Gasteiger partial charge in [0, 0.05) is 27.9 Å². The highest BCUT2D eigenvalue weighted by Crippen LogP contribution is 2.32. The number of rotatable bonds is 3. The Hall–Kier alpha value is -1.09. The van der Waals surface area contributed by atoms with Gasteiger partial charge in [0.1, 0.15) is 0 Å². The van der Waals surface area contributed by atoms with Crippen molar-refractivity contribution in [3.63, 3.8) is 0 Å². The summed E-state index contributed by atoms with van der Waals surface area (Å²) in [5.41, 5.74) is 1.20. The highest BCUT2D eigenvalue weighted by Gasteiger charge is 2.29. The van der Waals surface area contributed by atoms with Crippen LogP contribution in [0.2, 0.25) is 0 Å². The van der Waals surface area contributed by atoms with E-state index < -0.39 is 10.8 Å². The molecule has 0 spiro atoms. The quantitative estimate of drug-likeness (QED) is 0.813. The molecular formula is C14H17NOS. The molecule has 0 amide bonds. The predicted octanol–water partition coefficient (Wildman–Crippen LogP) is 3.49. The van der Waals surface area contributed by atoms with E-state index in [9.17, 15) is 4.21 Å². The van der Waals surface area contributed by atoms with Gasteiger partial charge in [-0.05, 0) is 50.3 Å². The maximum Gasteiger partial charge on any atom is 0.0561 e. The Balaban J connectivity index is 2.09. The molecule has 1 aliphatic rings. The Morgan fingerprint density at radius 2 is 2.06 bits per heavy atom. The zero-order chi connectivity index (χ0) is 12.0. The first-order valence-corrected chi connectivity index (χ1v) is 7.39. The molecule has 0 N–H and O–H groups in total. The van der Waals surface area contributed by atoms with E-state index in [-0.39, 0.29) is 0 Å². The fourth-order valence-electron chi connectivity index (χ4n) is 2.18. The van der Waals surface area contributed by atoms with Crippen molar-refractivity contribution in [3.05, 3.63) is 30.5 Å². The Morgan fingerprint density at radius 1 is 1.29 bits per heavy atom. The molecule has 1 heterocycles. The lowest BCUT2D eigenvalue weighted by Gasteiger charge is -2.10. The first kappa shape index (κ1) is 11.0. The van der Waals surface area contributed by atoms with Crippen molar-refractivity contribution in [1.29, 1.82) is 0 Å². The maximum absolute atomic E-state index is 12.2. The SMILES string of the molecule is CC(C)n1ccc2ccc(S(=O)C3CC3)cc21. The second-order valence-corrected chi connectivity index (χ2v) is 6.77. The summed E-state index contributed by atoms with van der Waals surface area (Å²) < 4.78 is 14.4. The summed E-state index contributed by atoms with van der Waals surface area (Å²) >= 11 is 0. The van der Waals surface area contributed by atoms with Crippen LogP contribution in [0.25, 0.3) is 10.9 Å². The van der Waals surface area contributed by atoms with Crippen LogP contribution in [-0.2, 0) is 10.8 Å². The molecule has 1 aromatic carbocycles. The third-order valence-corrected chi connectivity index (χ3v) is 5.11. The fraction of sp³-hybridized carbons (Fsp3) is 0.429. The summed E-state index contributed by atoms with van der Waals surface area (Å²) in [6.07, 6.45) is 4.35. The molecule has 1 atom stereocenters. The first-order chi connectivity index (χ1) is 8.16. The van der Waals surface area contributed by atoms with Gasteiger partial charge in [-0.25, -0.2) is 0 Å². The van der Waals surface area contributed by atoms with Crippen molar-refractivity contribution in [3.8, 4) is 0 Å². The highest BCUT2D eigenvalue weighted by molar-refractivity contribution is 7.86. The summed E-state index contributed by atoms with van der Waals surface area (Å²) in [4.78, 5) is 0.987. The zero-order valence-corrected chi connectivity index (χ0v) is 11.0. The van der Waals surface area contributed by atoms with E-state index in [0.717, 1.165) is 17.7 Å². The lowest BCUT2D eigenvalue weighted by atomic mass is 10.2. The second kappa shape index (κ2) is 3.98. The number of hydrogen-bond acceptors (Lipinski definition) is 1. The van der Waals surface area contributed by atoms with Crippen molar-refractivity contribution < 1.29 is 4.21 Å². The molecule has 0 saturated heterocycles. The van der Waals surface area contributed by atoms with Gasteiger partial charge >= 0.3 is 0 Å². The zero-order valence-electron chi connectivity index (χ0n) is 10.2. The molecule has 3 rings (SSSR count). The normalized spacial score (nSPS) is 17.8. The van der Waals surface area contributed by atoms with E-state index >= 15 is 0 Å². The van der Waals surface area contributed by atoms with Crippen molar-refractivity contribution in [2.45, 2.75) is 42.9 Å². The number of nitrogens with zero attached hydrogens (tertiary/aromatic N) is 1. The molecule has 0 radical (unpaired) electrons. The first-order valence-electron chi connectivity index (χ1n) is 6.18. The van der Waals surface area contributed by atoms with Gasteiger partial charge in [-0.15, -0.1) is 0 Å². The molecule has 3 heteroatoms. The van der Waals surface area contributed by atoms with Crippen LogP contribution >= 0.6 is 0 Å². The van der Waals surface area contributed by atoms with Crippen LogP contribution in [0.4, 0.5) is 0 Å². The van der Waals surface area contributed by atoms with Crippen molar-refractivity contribution in [2.75, 3.05) is 0 Å². The molecule has 0 bridgehead atoms. The smallest absolute Gasteiger partial charge is 0.0561 e. The lowest BCUT2D eigenvalue weighted by molar-refractivity contribution is 0.622. The van der Waals surface area contributed by atoms with Gasteiger partial charge in [0.15, 0.2) is 0 Å². The number of benzene rings is 1. The Labute approximate surface area is 104 Å². The molecule has 1 aromatic heterocycles. The minimum atomic E-state index is -0.799. The summed E-state index contributed by atoms with van der Waals surface area (Å²) in [6, 6.07) is 8.77. The molecule has 1 unspecified atom stereocenters. The largest absolute Gasteiger partial charge is 0.345 e. The van der Waals surface area contributed by atoms with E-state index in [0.29, 0.717) is 11.3 Å². The van der Waals surface area contributed by atoms with E-state index in [4.69, 9.17) is 0 Å². The van der Waals surface area contributed by atoms with Gasteiger partial charge in [-0.3, -0.25) is 4.21 Å². The van der Waals surface area contributed by atoms with Gasteiger partial charge in [0.05, 0.1) is 10.8 Å². The van der Waals surface area contributed by atoms with Crippen molar-refractivity contribution >= 4 is 21.7 Å². The molecule has 17 heavy (non-hydrogen) atoms. The molecular weight excluding hydrogens is 230 g/mol. The third kappa shape index (κ3) is 1.93. The van der Waals surface area contributed by atoms with Crippen LogP contribution in [-0.4, -0.2) is 14.0 Å². The summed E-state index contributed by atoms with van der Waals surface area (Å²) in [5, 5.41) is 1.64. The third-order valence-electron chi connectivity index (χ3n) is 3.31. The van der Waals surface area contributed by atoms with E-state index in [1.807, 2.05) is 6.07 Å². The van der Waals surface area contributed by atoms with Crippen LogP contribution in [0.15, 0.2) is 35.4 Å². The molecule has 2 nitrogen and oxygen atoms in total. The number of hydrogen-bond donors (Lipinski definition) is 0. The Bertz CT molecular complexity index is 581. The molecule has 1 saturated carbocycles. The average Bonchev–Trinajstić information content (AvgIpc) is 3.06. The van der Waals surface area contributed by atoms with Gasteiger partial charge in [-0.1, -0.05) is 6.07 Å². The molecule has 1 fully saturated rings. The standard InChI is InChI=1S/C14H17NOS/c1-10(2)15-8-7-11-3-4-13(9-14(11)15)17(16)12-5-6-12/h3-4,7-10,12H,5-6H2,1-2H3. The fourth-order valence-corrected chi connectivity index (χ4v) is 3.56. The minimum absolute atomic E-state index is 0.412. The molecule has 0 aliphatic heterocycles. The van der Waals surface area contributed by atoms with Crippen molar-refractivity contribution in [1.82, 2.24) is 4.57 Å². The summed E-state index contributed by atoms with van der Waals surface area (Å²) in [6.45, 7) is 4.34. The maximum atomic E-state index is 12.2. The van der Waals surface area contributed by atoms with Gasteiger partial charge < -0.3 is 4.57 Å². The average molecular weight is 247 g/mol. The van der Waals surface area contributed by atoms with E-state index in [1.54, 1.807) is 0 Å². The lowest BCUT2D eigenvalue weighted by Crippen LogP contribution is -2.00. The molecule has 90 valence electrons. The van der Waals surface area contributed by atoms with E-state index in [1.165, 1.54) is 10.9 Å². The van der Waals surface area contributed by atoms with Crippen LogP contribution in [0.1, 0.15) is 32.7 Å². The second-order valence-electron chi connectivity index (χ2n) is 5.03. The summed E-state index contributed by atoms with van der Waals surface area (Å²) in [7, 11) is -0.799. The number of aromatic nitrogens is 1. The highest BCUT2D eigenvalue weighted by atomic mass is 32.2. The van der Waals surface area contributed by atoms with Crippen LogP contribution in [0, 0.1) is 0 Å². The topological polar surface area (TPSA) is 22.0 Å². The van der Waals surface area contributed by atoms with Crippen LogP contribution < -0.4 is 0 Å². The van der Waals surface area contributed by atoms with Gasteiger partial charge in [-0.2, -0.15) is 0 Å². The summed E-state index contributed by atoms with van der Waals surface area (Å²) in [5.74, 6) is 0. The van der Waals surface area contributed by atoms with Gasteiger partial charge in [0.25, 0.3) is 0 Å². The minimum Gasteiger partial charge on any atom is -0.345 e. The monoisotopic (exact) mass is 247 g/mol. The van der Waals surface area contributed by atoms with Crippen LogP contribution in [0.3, 0.4) is 0 Å². The molecule has 2 aromatic rings. The van der Waals surface area contributed by atoms with Gasteiger partial charge in [0.2, 0.25) is 0 Å². The van der Waals surface area contributed by atoms with E-state index in [2.05, 4.69) is 42.8 Å². The van der Waals surface area contributed by atoms with Crippen LogP contribution in [0.5, 0.6) is 0 Å². The molecule has 1 aliphatic carbocycles. The Morgan fingerprint density at radius 3 is 2.71 bits per heavy atom. The predicted molar refractivity (Wildman–Crippen MR) is 71.8 cm³/mol.